The van der Waals surface area contributed by atoms with Gasteiger partial charge in [0.25, 0.3) is 11.8 Å². The van der Waals surface area contributed by atoms with Crippen molar-refractivity contribution in [1.82, 2.24) is 21.0 Å². The molecule has 146 valence electrons. The number of H-pyrrole nitrogens is 1. The summed E-state index contributed by atoms with van der Waals surface area (Å²) in [6.45, 7) is 0. The van der Waals surface area contributed by atoms with E-state index >= 15 is 0 Å². The molecule has 0 spiro atoms. The molecule has 8 heteroatoms. The maximum atomic E-state index is 12.3. The average molecular weight is 389 g/mol. The molecule has 1 heterocycles. The highest BCUT2D eigenvalue weighted by atomic mass is 16.2. The summed E-state index contributed by atoms with van der Waals surface area (Å²) < 4.78 is 0. The Morgan fingerprint density at radius 3 is 2.41 bits per heavy atom. The highest BCUT2D eigenvalue weighted by molar-refractivity contribution is 6.00. The van der Waals surface area contributed by atoms with E-state index in [0.717, 1.165) is 18.4 Å². The largest absolute Gasteiger partial charge is 0.326 e. The lowest BCUT2D eigenvalue weighted by Gasteiger charge is -2.08. The van der Waals surface area contributed by atoms with Crippen LogP contribution < -0.4 is 16.2 Å². The fraction of sp³-hybridized carbons (Fsp3) is 0.143. The summed E-state index contributed by atoms with van der Waals surface area (Å²) in [5.41, 5.74) is 7.29. The Kier molecular flexibility index (Phi) is 5.07. The molecule has 29 heavy (non-hydrogen) atoms. The number of hydrogen-bond acceptors (Lipinski definition) is 4. The molecule has 0 aliphatic heterocycles. The Labute approximate surface area is 166 Å². The molecule has 3 aromatic rings. The van der Waals surface area contributed by atoms with Crippen LogP contribution in [0.2, 0.25) is 0 Å². The van der Waals surface area contributed by atoms with Crippen LogP contribution in [0, 0.1) is 5.92 Å². The third-order valence-electron chi connectivity index (χ3n) is 4.52. The van der Waals surface area contributed by atoms with Crippen LogP contribution in [0.25, 0.3) is 11.3 Å². The number of anilines is 1. The number of aromatic amines is 1. The van der Waals surface area contributed by atoms with E-state index in [9.17, 15) is 14.4 Å². The van der Waals surface area contributed by atoms with E-state index in [1.54, 1.807) is 30.3 Å². The van der Waals surface area contributed by atoms with E-state index in [1.165, 1.54) is 0 Å². The SMILES string of the molecule is O=C(NNC(=O)c1cc(-c2ccccc2)n[nH]1)c1cccc(NC(=O)C2CC2)c1. The molecular formula is C21H19N5O3. The molecule has 8 nitrogen and oxygen atoms in total. The van der Waals surface area contributed by atoms with Gasteiger partial charge in [-0.1, -0.05) is 36.4 Å². The molecule has 3 amide bonds. The van der Waals surface area contributed by atoms with Crippen LogP contribution in [-0.2, 0) is 4.79 Å². The van der Waals surface area contributed by atoms with E-state index < -0.39 is 11.8 Å². The molecule has 0 saturated heterocycles. The highest BCUT2D eigenvalue weighted by Gasteiger charge is 2.29. The Hall–Kier alpha value is -3.94. The molecule has 0 unspecified atom stereocenters. The fourth-order valence-corrected chi connectivity index (χ4v) is 2.78. The minimum absolute atomic E-state index is 0.0377. The first-order valence-corrected chi connectivity index (χ1v) is 9.22. The summed E-state index contributed by atoms with van der Waals surface area (Å²) in [7, 11) is 0. The molecule has 4 N–H and O–H groups in total. The Bertz CT molecular complexity index is 1060. The number of nitrogens with one attached hydrogen (secondary N) is 4. The Morgan fingerprint density at radius 2 is 1.66 bits per heavy atom. The zero-order chi connectivity index (χ0) is 20.2. The molecular weight excluding hydrogens is 370 g/mol. The Morgan fingerprint density at radius 1 is 0.897 bits per heavy atom. The van der Waals surface area contributed by atoms with E-state index in [2.05, 4.69) is 26.4 Å². The average Bonchev–Trinajstić information content (AvgIpc) is 3.49. The quantitative estimate of drug-likeness (QED) is 0.502. The van der Waals surface area contributed by atoms with Gasteiger partial charge in [-0.3, -0.25) is 30.3 Å². The van der Waals surface area contributed by atoms with Gasteiger partial charge in [0.2, 0.25) is 5.91 Å². The van der Waals surface area contributed by atoms with E-state index in [1.807, 2.05) is 30.3 Å². The number of carbonyl (C=O) groups is 3. The number of aromatic nitrogens is 2. The fourth-order valence-electron chi connectivity index (χ4n) is 2.78. The molecule has 1 aliphatic carbocycles. The first-order valence-electron chi connectivity index (χ1n) is 9.22. The maximum Gasteiger partial charge on any atom is 0.287 e. The molecule has 1 aromatic heterocycles. The molecule has 0 atom stereocenters. The number of benzene rings is 2. The van der Waals surface area contributed by atoms with E-state index in [0.29, 0.717) is 16.9 Å². The number of hydrogen-bond donors (Lipinski definition) is 4. The number of hydrazine groups is 1. The number of carbonyl (C=O) groups excluding carboxylic acids is 3. The van der Waals surface area contributed by atoms with Crippen LogP contribution >= 0.6 is 0 Å². The van der Waals surface area contributed by atoms with Gasteiger partial charge in [0.1, 0.15) is 5.69 Å². The second-order valence-electron chi connectivity index (χ2n) is 6.79. The van der Waals surface area contributed by atoms with Gasteiger partial charge in [0.15, 0.2) is 0 Å². The summed E-state index contributed by atoms with van der Waals surface area (Å²) in [5.74, 6) is -0.985. The molecule has 1 aliphatic rings. The normalized spacial score (nSPS) is 12.8. The van der Waals surface area contributed by atoms with Crippen molar-refractivity contribution < 1.29 is 14.4 Å². The summed E-state index contributed by atoms with van der Waals surface area (Å²) in [6.07, 6.45) is 1.80. The predicted molar refractivity (Wildman–Crippen MR) is 107 cm³/mol. The van der Waals surface area contributed by atoms with Crippen molar-refractivity contribution in [3.63, 3.8) is 0 Å². The number of amides is 3. The zero-order valence-corrected chi connectivity index (χ0v) is 15.4. The molecule has 1 saturated carbocycles. The van der Waals surface area contributed by atoms with Crippen LogP contribution in [0.1, 0.15) is 33.7 Å². The van der Waals surface area contributed by atoms with Crippen LogP contribution in [0.5, 0.6) is 0 Å². The van der Waals surface area contributed by atoms with Gasteiger partial charge >= 0.3 is 0 Å². The van der Waals surface area contributed by atoms with Crippen molar-refractivity contribution in [2.24, 2.45) is 5.92 Å². The standard InChI is InChI=1S/C21H19N5O3/c27-19(14-9-10-14)22-16-8-4-7-15(11-16)20(28)25-26-21(29)18-12-17(23-24-18)13-5-2-1-3-6-13/h1-8,11-12,14H,9-10H2,(H,22,27)(H,23,24)(H,25,28)(H,26,29). The molecule has 0 bridgehead atoms. The summed E-state index contributed by atoms with van der Waals surface area (Å²) in [6, 6.07) is 17.6. The molecule has 4 rings (SSSR count). The minimum Gasteiger partial charge on any atom is -0.326 e. The van der Waals surface area contributed by atoms with Gasteiger partial charge in [0.05, 0.1) is 5.69 Å². The van der Waals surface area contributed by atoms with Crippen molar-refractivity contribution >= 4 is 23.4 Å². The first kappa shape index (κ1) is 18.4. The van der Waals surface area contributed by atoms with E-state index in [4.69, 9.17) is 0 Å². The van der Waals surface area contributed by atoms with Crippen LogP contribution in [0.4, 0.5) is 5.69 Å². The summed E-state index contributed by atoms with van der Waals surface area (Å²) in [5, 5.41) is 9.55. The lowest BCUT2D eigenvalue weighted by Crippen LogP contribution is -2.41. The van der Waals surface area contributed by atoms with Crippen LogP contribution in [-0.4, -0.2) is 27.9 Å². The molecule has 2 aromatic carbocycles. The zero-order valence-electron chi connectivity index (χ0n) is 15.4. The van der Waals surface area contributed by atoms with Crippen LogP contribution in [0.3, 0.4) is 0 Å². The number of rotatable bonds is 5. The van der Waals surface area contributed by atoms with Crippen LogP contribution in [0.15, 0.2) is 60.7 Å². The summed E-state index contributed by atoms with van der Waals surface area (Å²) in [4.78, 5) is 36.4. The number of nitrogens with zero attached hydrogens (tertiary/aromatic N) is 1. The van der Waals surface area contributed by atoms with Gasteiger partial charge < -0.3 is 5.32 Å². The first-order chi connectivity index (χ1) is 14.1. The van der Waals surface area contributed by atoms with Crippen molar-refractivity contribution in [3.05, 3.63) is 71.9 Å². The lowest BCUT2D eigenvalue weighted by molar-refractivity contribution is -0.117. The topological polar surface area (TPSA) is 116 Å². The van der Waals surface area contributed by atoms with Crippen molar-refractivity contribution in [2.45, 2.75) is 12.8 Å². The van der Waals surface area contributed by atoms with Crippen molar-refractivity contribution in [1.29, 1.82) is 0 Å². The second-order valence-corrected chi connectivity index (χ2v) is 6.79. The van der Waals surface area contributed by atoms with E-state index in [-0.39, 0.29) is 17.5 Å². The summed E-state index contributed by atoms with van der Waals surface area (Å²) >= 11 is 0. The monoisotopic (exact) mass is 389 g/mol. The molecule has 0 radical (unpaired) electrons. The molecule has 1 fully saturated rings. The third-order valence-corrected chi connectivity index (χ3v) is 4.52. The van der Waals surface area contributed by atoms with Gasteiger partial charge in [-0.25, -0.2) is 0 Å². The van der Waals surface area contributed by atoms with Gasteiger partial charge in [-0.05, 0) is 37.1 Å². The van der Waals surface area contributed by atoms with Gasteiger partial charge in [-0.15, -0.1) is 0 Å². The highest BCUT2D eigenvalue weighted by Crippen LogP contribution is 2.30. The van der Waals surface area contributed by atoms with Gasteiger partial charge in [0, 0.05) is 22.7 Å². The smallest absolute Gasteiger partial charge is 0.287 e. The van der Waals surface area contributed by atoms with Crippen molar-refractivity contribution in [3.8, 4) is 11.3 Å². The Balaban J connectivity index is 1.35. The maximum absolute atomic E-state index is 12.3. The van der Waals surface area contributed by atoms with Gasteiger partial charge in [-0.2, -0.15) is 5.10 Å². The van der Waals surface area contributed by atoms with Crippen molar-refractivity contribution in [2.75, 3.05) is 5.32 Å². The third kappa shape index (κ3) is 4.49. The lowest BCUT2D eigenvalue weighted by atomic mass is 10.1. The second kappa shape index (κ2) is 7.97. The predicted octanol–water partition coefficient (Wildman–Crippen LogP) is 2.50. The minimum atomic E-state index is -0.522.